The highest BCUT2D eigenvalue weighted by Gasteiger charge is 2.36. The van der Waals surface area contributed by atoms with E-state index in [4.69, 9.17) is 0 Å². The molecule has 1 saturated heterocycles. The second-order valence-electron chi connectivity index (χ2n) is 6.95. The molecule has 2 aliphatic rings. The van der Waals surface area contributed by atoms with Crippen molar-refractivity contribution in [2.24, 2.45) is 0 Å². The van der Waals surface area contributed by atoms with Crippen molar-refractivity contribution in [3.05, 3.63) is 65.7 Å². The Morgan fingerprint density at radius 2 is 1.63 bits per heavy atom. The summed E-state index contributed by atoms with van der Waals surface area (Å²) in [7, 11) is 0. The number of carbonyl (C=O) groups is 3. The molecule has 6 heteroatoms. The molecule has 2 aliphatic heterocycles. The molecule has 0 aromatic heterocycles. The summed E-state index contributed by atoms with van der Waals surface area (Å²) in [6.45, 7) is 1.93. The second-order valence-corrected chi connectivity index (χ2v) is 6.95. The molecule has 2 amide bonds. The van der Waals surface area contributed by atoms with Crippen LogP contribution in [0.3, 0.4) is 0 Å². The molecule has 0 aliphatic carbocycles. The van der Waals surface area contributed by atoms with Crippen LogP contribution in [0.2, 0.25) is 0 Å². The number of ketones is 1. The molecule has 6 nitrogen and oxygen atoms in total. The molecule has 0 spiro atoms. The molecule has 27 heavy (non-hydrogen) atoms. The lowest BCUT2D eigenvalue weighted by Gasteiger charge is -2.34. The zero-order valence-corrected chi connectivity index (χ0v) is 14.9. The van der Waals surface area contributed by atoms with Gasteiger partial charge < -0.3 is 5.32 Å². The number of hydrogen-bond acceptors (Lipinski definition) is 4. The largest absolute Gasteiger partial charge is 0.349 e. The van der Waals surface area contributed by atoms with Gasteiger partial charge in [-0.05, 0) is 37.1 Å². The van der Waals surface area contributed by atoms with Crippen LogP contribution in [-0.2, 0) is 4.79 Å². The smallest absolute Gasteiger partial charge is 0.300 e. The van der Waals surface area contributed by atoms with Crippen molar-refractivity contribution < 1.29 is 14.4 Å². The highest BCUT2D eigenvalue weighted by molar-refractivity contribution is 6.52. The number of para-hydroxylation sites is 1. The van der Waals surface area contributed by atoms with Crippen LogP contribution in [0.25, 0.3) is 0 Å². The third-order valence-corrected chi connectivity index (χ3v) is 5.18. The molecule has 2 heterocycles. The first-order chi connectivity index (χ1) is 13.1. The average molecular weight is 363 g/mol. The van der Waals surface area contributed by atoms with E-state index in [1.807, 2.05) is 30.3 Å². The van der Waals surface area contributed by atoms with Crippen molar-refractivity contribution in [1.82, 2.24) is 10.2 Å². The average Bonchev–Trinajstić information content (AvgIpc) is 2.95. The number of benzene rings is 2. The maximum absolute atomic E-state index is 12.3. The van der Waals surface area contributed by atoms with Crippen molar-refractivity contribution in [2.45, 2.75) is 18.9 Å². The normalized spacial score (nSPS) is 17.9. The Bertz CT molecular complexity index is 873. The Hall–Kier alpha value is -2.99. The van der Waals surface area contributed by atoms with Crippen molar-refractivity contribution in [2.75, 3.05) is 24.7 Å². The molecule has 1 N–H and O–H groups in total. The quantitative estimate of drug-likeness (QED) is 0.845. The van der Waals surface area contributed by atoms with E-state index in [1.165, 1.54) is 0 Å². The Kier molecular flexibility index (Phi) is 4.73. The molecule has 0 bridgehead atoms. The summed E-state index contributed by atoms with van der Waals surface area (Å²) < 4.78 is 0. The number of nitrogens with zero attached hydrogens (tertiary/aromatic N) is 2. The van der Waals surface area contributed by atoms with Crippen LogP contribution < -0.4 is 10.2 Å². The number of rotatable bonds is 4. The fourth-order valence-electron chi connectivity index (χ4n) is 3.67. The number of nitrogens with one attached hydrogen (secondary N) is 1. The second kappa shape index (κ2) is 7.32. The molecule has 4 rings (SSSR count). The van der Waals surface area contributed by atoms with Crippen LogP contribution in [0.1, 0.15) is 33.6 Å². The zero-order chi connectivity index (χ0) is 18.8. The van der Waals surface area contributed by atoms with E-state index < -0.39 is 11.7 Å². The van der Waals surface area contributed by atoms with Gasteiger partial charge in [0.15, 0.2) is 0 Å². The van der Waals surface area contributed by atoms with Crippen molar-refractivity contribution in [1.29, 1.82) is 0 Å². The van der Waals surface area contributed by atoms with E-state index in [0.29, 0.717) is 23.5 Å². The Labute approximate surface area is 157 Å². The van der Waals surface area contributed by atoms with Gasteiger partial charge in [0.1, 0.15) is 0 Å². The lowest BCUT2D eigenvalue weighted by Crippen LogP contribution is -2.48. The van der Waals surface area contributed by atoms with Gasteiger partial charge in [-0.3, -0.25) is 24.2 Å². The minimum absolute atomic E-state index is 0.0525. The topological polar surface area (TPSA) is 69.7 Å². The maximum Gasteiger partial charge on any atom is 0.300 e. The van der Waals surface area contributed by atoms with Gasteiger partial charge in [0.05, 0.1) is 17.9 Å². The predicted octanol–water partition coefficient (Wildman–Crippen LogP) is 2.07. The maximum atomic E-state index is 12.3. The van der Waals surface area contributed by atoms with Crippen LogP contribution in [0.4, 0.5) is 5.69 Å². The highest BCUT2D eigenvalue weighted by atomic mass is 16.2. The zero-order valence-electron chi connectivity index (χ0n) is 14.9. The molecule has 0 saturated carbocycles. The van der Waals surface area contributed by atoms with Gasteiger partial charge in [0.25, 0.3) is 11.7 Å². The van der Waals surface area contributed by atoms with Gasteiger partial charge in [0, 0.05) is 24.7 Å². The summed E-state index contributed by atoms with van der Waals surface area (Å²) >= 11 is 0. The third-order valence-electron chi connectivity index (χ3n) is 5.18. The molecule has 0 radical (unpaired) electrons. The molecular weight excluding hydrogens is 342 g/mol. The molecule has 2 aromatic carbocycles. The van der Waals surface area contributed by atoms with Crippen LogP contribution in [0.15, 0.2) is 54.6 Å². The summed E-state index contributed by atoms with van der Waals surface area (Å²) in [5.74, 6) is -0.949. The fraction of sp³-hybridized carbons (Fsp3) is 0.286. The lowest BCUT2D eigenvalue weighted by atomic mass is 10.0. The van der Waals surface area contributed by atoms with Gasteiger partial charge in [-0.25, -0.2) is 0 Å². The van der Waals surface area contributed by atoms with Crippen molar-refractivity contribution in [3.63, 3.8) is 0 Å². The van der Waals surface area contributed by atoms with E-state index >= 15 is 0 Å². The van der Waals surface area contributed by atoms with E-state index in [2.05, 4.69) is 10.2 Å². The standard InChI is InChI=1S/C21H21N3O3/c25-19-17-8-4-5-9-18(17)24(21(19)27)14-23-12-10-16(11-13-23)22-20(26)15-6-2-1-3-7-15/h1-9,16H,10-14H2,(H,22,26). The summed E-state index contributed by atoms with van der Waals surface area (Å²) in [5, 5.41) is 3.08. The lowest BCUT2D eigenvalue weighted by molar-refractivity contribution is -0.114. The SMILES string of the molecule is O=C(NC1CCN(CN2C(=O)C(=O)c3ccccc32)CC1)c1ccccc1. The van der Waals surface area contributed by atoms with Gasteiger partial charge in [-0.15, -0.1) is 0 Å². The number of anilines is 1. The highest BCUT2D eigenvalue weighted by Crippen LogP contribution is 2.29. The first-order valence-electron chi connectivity index (χ1n) is 9.17. The number of piperidine rings is 1. The summed E-state index contributed by atoms with van der Waals surface area (Å²) in [6, 6.07) is 16.4. The van der Waals surface area contributed by atoms with Gasteiger partial charge in [0.2, 0.25) is 0 Å². The summed E-state index contributed by atoms with van der Waals surface area (Å²) in [5.41, 5.74) is 1.83. The third kappa shape index (κ3) is 3.48. The molecule has 0 atom stereocenters. The van der Waals surface area contributed by atoms with E-state index in [-0.39, 0.29) is 11.9 Å². The summed E-state index contributed by atoms with van der Waals surface area (Å²) in [4.78, 5) is 40.4. The first kappa shape index (κ1) is 17.4. The van der Waals surface area contributed by atoms with E-state index in [9.17, 15) is 14.4 Å². The number of Topliss-reactive ketones (excluding diaryl/α,β-unsaturated/α-hetero) is 1. The van der Waals surface area contributed by atoms with E-state index in [1.54, 1.807) is 29.2 Å². The van der Waals surface area contributed by atoms with Crippen LogP contribution >= 0.6 is 0 Å². The number of likely N-dealkylation sites (tertiary alicyclic amines) is 1. The van der Waals surface area contributed by atoms with Gasteiger partial charge in [-0.2, -0.15) is 0 Å². The van der Waals surface area contributed by atoms with E-state index in [0.717, 1.165) is 25.9 Å². The van der Waals surface area contributed by atoms with Crippen LogP contribution in [-0.4, -0.2) is 48.3 Å². The predicted molar refractivity (Wildman–Crippen MR) is 102 cm³/mol. The number of fused-ring (bicyclic) bond motifs is 1. The van der Waals surface area contributed by atoms with Crippen LogP contribution in [0, 0.1) is 0 Å². The monoisotopic (exact) mass is 363 g/mol. The first-order valence-corrected chi connectivity index (χ1v) is 9.17. The van der Waals surface area contributed by atoms with Gasteiger partial charge >= 0.3 is 5.91 Å². The molecular formula is C21H21N3O3. The molecule has 1 fully saturated rings. The van der Waals surface area contributed by atoms with Crippen LogP contribution in [0.5, 0.6) is 0 Å². The number of hydrogen-bond donors (Lipinski definition) is 1. The Morgan fingerprint density at radius 3 is 2.37 bits per heavy atom. The minimum atomic E-state index is -0.462. The minimum Gasteiger partial charge on any atom is -0.349 e. The Balaban J connectivity index is 1.33. The van der Waals surface area contributed by atoms with Gasteiger partial charge in [-0.1, -0.05) is 30.3 Å². The van der Waals surface area contributed by atoms with Crippen molar-refractivity contribution >= 4 is 23.3 Å². The molecule has 138 valence electrons. The number of carbonyl (C=O) groups excluding carboxylic acids is 3. The molecule has 2 aromatic rings. The molecule has 0 unspecified atom stereocenters. The summed E-state index contributed by atoms with van der Waals surface area (Å²) in [6.07, 6.45) is 1.63. The number of amides is 2. The van der Waals surface area contributed by atoms with Crippen molar-refractivity contribution in [3.8, 4) is 0 Å². The fourth-order valence-corrected chi connectivity index (χ4v) is 3.67. The Morgan fingerprint density at radius 1 is 0.963 bits per heavy atom.